The molecule has 4 amide bonds. The van der Waals surface area contributed by atoms with Gasteiger partial charge in [0.1, 0.15) is 53.0 Å². The third kappa shape index (κ3) is 14.0. The number of carboxylic acids is 2. The number of aliphatic carboxylic acids is 2. The Hall–Kier alpha value is -7.35. The van der Waals surface area contributed by atoms with Crippen molar-refractivity contribution in [1.29, 1.82) is 0 Å². The highest BCUT2D eigenvalue weighted by Gasteiger charge is 2.63. The van der Waals surface area contributed by atoms with Crippen LogP contribution in [0, 0.1) is 23.5 Å². The predicted molar refractivity (Wildman–Crippen MR) is 286 cm³/mol. The number of halogens is 8. The molecule has 10 rings (SSSR count). The Bertz CT molecular complexity index is 3150. The molecule has 10 atom stereocenters. The lowest BCUT2D eigenvalue weighted by Gasteiger charge is -2.30. The van der Waals surface area contributed by atoms with Crippen LogP contribution in [0.2, 0.25) is 0 Å². The number of allylic oxidation sites excluding steroid dienone is 2. The van der Waals surface area contributed by atoms with Crippen LogP contribution < -0.4 is 26.0 Å². The lowest BCUT2D eigenvalue weighted by atomic mass is 10.0. The molecule has 2 saturated heterocycles. The van der Waals surface area contributed by atoms with E-state index in [1.54, 1.807) is 12.2 Å². The number of amides is 4. The number of hydrogen-bond acceptors (Lipinski definition) is 12. The minimum Gasteiger partial charge on any atom is -0.479 e. The molecule has 3 aromatic carbocycles. The van der Waals surface area contributed by atoms with Crippen molar-refractivity contribution in [1.82, 2.24) is 25.4 Å². The quantitative estimate of drug-likeness (QED) is 0.0646. The number of benzene rings is 3. The summed E-state index contributed by atoms with van der Waals surface area (Å²) in [6, 6.07) is 6.88. The van der Waals surface area contributed by atoms with E-state index in [0.717, 1.165) is 46.2 Å². The molecule has 5 heterocycles. The number of fused-ring (bicyclic) bond motifs is 5. The average Bonchev–Trinajstić information content (AvgIpc) is 2.03. The van der Waals surface area contributed by atoms with Crippen LogP contribution in [0.15, 0.2) is 85.0 Å². The third-order valence-electron chi connectivity index (χ3n) is 15.9. The number of para-hydroxylation sites is 1. The van der Waals surface area contributed by atoms with Crippen LogP contribution in [0.5, 0.6) is 5.19 Å². The second-order valence-electron chi connectivity index (χ2n) is 22.0. The van der Waals surface area contributed by atoms with Gasteiger partial charge in [-0.05, 0) is 99.9 Å². The molecule has 4 aromatic rings. The maximum atomic E-state index is 14.3. The molecular formula is C57H61F8N7O10S. The Morgan fingerprint density at radius 1 is 0.663 bits per heavy atom. The summed E-state index contributed by atoms with van der Waals surface area (Å²) in [5.74, 6) is -8.01. The normalized spacial score (nSPS) is 29.7. The number of nitrogens with one attached hydrogen (secondary N) is 4. The molecule has 1 aromatic heterocycles. The number of carboxylic acid groups (broad SMARTS) is 2. The van der Waals surface area contributed by atoms with E-state index >= 15 is 0 Å². The van der Waals surface area contributed by atoms with Crippen molar-refractivity contribution in [2.24, 2.45) is 11.8 Å². The molecular weight excluding hydrogens is 1130 g/mol. The third-order valence-corrected chi connectivity index (χ3v) is 16.9. The highest BCUT2D eigenvalue weighted by atomic mass is 32.1. The summed E-state index contributed by atoms with van der Waals surface area (Å²) in [5.41, 5.74) is -5.13. The largest absolute Gasteiger partial charge is 0.479 e. The zero-order valence-corrected chi connectivity index (χ0v) is 45.3. The minimum absolute atomic E-state index is 0.0363. The van der Waals surface area contributed by atoms with Crippen molar-refractivity contribution in [3.05, 3.63) is 108 Å². The lowest BCUT2D eigenvalue weighted by Crippen LogP contribution is -2.55. The highest BCUT2D eigenvalue weighted by Crippen LogP contribution is 2.47. The first kappa shape index (κ1) is 60.2. The summed E-state index contributed by atoms with van der Waals surface area (Å²) < 4.78 is 115. The average molecular weight is 1190 g/mol. The van der Waals surface area contributed by atoms with Gasteiger partial charge in [-0.2, -0.15) is 26.3 Å². The van der Waals surface area contributed by atoms with Gasteiger partial charge in [-0.1, -0.05) is 73.5 Å². The van der Waals surface area contributed by atoms with Crippen molar-refractivity contribution >= 4 is 68.5 Å². The number of carbonyl (C=O) groups is 6. The topological polar surface area (TPSA) is 240 Å². The van der Waals surface area contributed by atoms with Gasteiger partial charge in [-0.3, -0.25) is 19.2 Å². The summed E-state index contributed by atoms with van der Waals surface area (Å²) in [6.07, 6.45) is 1.96. The van der Waals surface area contributed by atoms with Gasteiger partial charge in [0.2, 0.25) is 23.6 Å². The fourth-order valence-corrected chi connectivity index (χ4v) is 12.2. The van der Waals surface area contributed by atoms with Crippen LogP contribution in [0.3, 0.4) is 0 Å². The van der Waals surface area contributed by atoms with Gasteiger partial charge >= 0.3 is 24.3 Å². The number of ether oxygens (including phenoxy) is 1. The van der Waals surface area contributed by atoms with E-state index in [2.05, 4.69) is 26.3 Å². The number of rotatable bonds is 8. The Balaban J connectivity index is 0.000000205. The number of aliphatic hydroxyl groups excluding tert-OH is 1. The number of nitrogens with zero attached hydrogens (tertiary/aromatic N) is 3. The number of carbonyl (C=O) groups excluding carboxylic acids is 4. The minimum atomic E-state index is -4.80. The molecule has 0 bridgehead atoms. The molecule has 4 fully saturated rings. The molecule has 0 spiro atoms. The second kappa shape index (κ2) is 24.5. The van der Waals surface area contributed by atoms with Crippen molar-refractivity contribution in [3.63, 3.8) is 0 Å². The zero-order valence-electron chi connectivity index (χ0n) is 44.5. The monoisotopic (exact) mass is 1190 g/mol. The summed E-state index contributed by atoms with van der Waals surface area (Å²) in [7, 11) is 0. The lowest BCUT2D eigenvalue weighted by molar-refractivity contribution is -0.146. The van der Waals surface area contributed by atoms with E-state index < -0.39 is 124 Å². The molecule has 26 heteroatoms. The molecule has 446 valence electrons. The van der Waals surface area contributed by atoms with Crippen LogP contribution in [-0.4, -0.2) is 126 Å². The second-order valence-corrected chi connectivity index (χ2v) is 23.0. The van der Waals surface area contributed by atoms with Crippen LogP contribution in [0.25, 0.3) is 10.2 Å². The molecule has 83 heavy (non-hydrogen) atoms. The zero-order chi connectivity index (χ0) is 59.6. The van der Waals surface area contributed by atoms with Crippen LogP contribution in [-0.2, 0) is 41.1 Å². The first-order valence-electron chi connectivity index (χ1n) is 27.4. The number of thiazole rings is 1. The highest BCUT2D eigenvalue weighted by molar-refractivity contribution is 7.20. The predicted octanol–water partition coefficient (Wildman–Crippen LogP) is 8.83. The Kier molecular flexibility index (Phi) is 17.8. The number of alkyl halides is 6. The maximum Gasteiger partial charge on any atom is 0.416 e. The van der Waals surface area contributed by atoms with Gasteiger partial charge in [0.25, 0.3) is 5.19 Å². The number of hydrogen-bond donors (Lipinski definition) is 7. The summed E-state index contributed by atoms with van der Waals surface area (Å²) >= 11 is 1.30. The Labute approximate surface area is 474 Å². The van der Waals surface area contributed by atoms with Crippen LogP contribution >= 0.6 is 11.3 Å². The molecule has 0 unspecified atom stereocenters. The molecule has 0 radical (unpaired) electrons. The van der Waals surface area contributed by atoms with Crippen molar-refractivity contribution < 1.29 is 83.9 Å². The van der Waals surface area contributed by atoms with Crippen molar-refractivity contribution in [3.8, 4) is 5.19 Å². The maximum absolute atomic E-state index is 14.3. The van der Waals surface area contributed by atoms with E-state index in [1.165, 1.54) is 16.2 Å². The fourth-order valence-electron chi connectivity index (χ4n) is 11.3. The summed E-state index contributed by atoms with van der Waals surface area (Å²) in [6.45, 7) is -0.249. The van der Waals surface area contributed by atoms with E-state index in [4.69, 9.17) is 4.74 Å². The Morgan fingerprint density at radius 2 is 1.14 bits per heavy atom. The van der Waals surface area contributed by atoms with Gasteiger partial charge in [-0.25, -0.2) is 23.4 Å². The SMILES string of the molecule is O=C1N[C@]2(C(=O)O)C[C@H]2/C=C\CCCCC[C@H](Nc2cc(F)cc(C(F)(F)F)c2)C(=O)N2C[C@H](O)C[C@@H]12.O=C1N[C@]2(C(=O)O)C[C@H]2/C=C\CCCCC[C@H](Nc2cc(F)cc(C(F)(F)F)c2)C(=O)N2C[C@H](Oc3nc4ccccc4s3)C[C@@H]12. The first-order chi connectivity index (χ1) is 39.3. The molecule has 2 aliphatic carbocycles. The fraction of sp³-hybridized carbons (Fsp3) is 0.491. The molecule has 2 saturated carbocycles. The van der Waals surface area contributed by atoms with E-state index in [9.17, 15) is 79.2 Å². The summed E-state index contributed by atoms with van der Waals surface area (Å²) in [5, 5.41) is 41.1. The standard InChI is InChI=1S/C32H32F4N4O5S.C25H29F4N3O5/c33-20-12-19(32(34,35)36)13-21(14-20)37-24-10-5-3-1-2-4-8-18-16-31(18,29(43)44)39-27(41)25-15-22(17-40(25)28(24)42)45-30-38-23-9-6-7-11-26(23)46-30;26-16-8-15(25(27,28)29)9-17(10-16)30-19-7-5-3-1-2-4-6-14-12-24(14,23(36)37)31-21(34)20-11-18(33)13-32(20)22(19)35/h4,6-9,11-14,18,22,24-25,37H,1-3,5,10,15-17H2,(H,39,41)(H,43,44);4,6,8-10,14,18-20,30,33H,1-3,5,7,11-13H2,(H,31,34)(H,36,37)/b8-4-;6-4-/t18-,22-,24+,25+,31-;14-,18-,19+,20+,24-/m11/s1. The summed E-state index contributed by atoms with van der Waals surface area (Å²) in [4.78, 5) is 85.8. The number of aromatic nitrogens is 1. The number of anilines is 2. The van der Waals surface area contributed by atoms with Crippen molar-refractivity contribution in [2.75, 3.05) is 23.7 Å². The molecule has 17 nitrogen and oxygen atoms in total. The first-order valence-corrected chi connectivity index (χ1v) is 28.2. The van der Waals surface area contributed by atoms with Gasteiger partial charge in [-0.15, -0.1) is 0 Å². The number of aliphatic hydroxyl groups is 1. The van der Waals surface area contributed by atoms with Crippen LogP contribution in [0.1, 0.15) is 101 Å². The van der Waals surface area contributed by atoms with Gasteiger partial charge in [0.15, 0.2) is 0 Å². The van der Waals surface area contributed by atoms with Gasteiger partial charge < -0.3 is 51.1 Å². The molecule has 4 aliphatic heterocycles. The van der Waals surface area contributed by atoms with E-state index in [-0.39, 0.29) is 68.9 Å². The van der Waals surface area contributed by atoms with Crippen LogP contribution in [0.4, 0.5) is 46.5 Å². The smallest absolute Gasteiger partial charge is 0.416 e. The van der Waals surface area contributed by atoms with Gasteiger partial charge in [0, 0.05) is 42.6 Å². The van der Waals surface area contributed by atoms with Crippen molar-refractivity contribution in [2.45, 2.75) is 150 Å². The molecule has 7 N–H and O–H groups in total. The van der Waals surface area contributed by atoms with E-state index in [0.29, 0.717) is 61.9 Å². The molecule has 6 aliphatic rings. The van der Waals surface area contributed by atoms with Gasteiger partial charge in [0.05, 0.1) is 34.0 Å². The Morgan fingerprint density at radius 3 is 1.63 bits per heavy atom. The van der Waals surface area contributed by atoms with E-state index in [1.807, 2.05) is 36.4 Å².